The molecule has 0 aromatic heterocycles. The van der Waals surface area contributed by atoms with E-state index in [0.29, 0.717) is 28.1 Å². The molecule has 0 radical (unpaired) electrons. The van der Waals surface area contributed by atoms with Crippen LogP contribution in [-0.4, -0.2) is 34.7 Å². The number of hydrogen-bond donors (Lipinski definition) is 0. The highest BCUT2D eigenvalue weighted by Crippen LogP contribution is 2.44. The largest absolute Gasteiger partial charge is 0.488 e. The number of carbonyl (C=O) groups excluding carboxylic acids is 1. The molecule has 2 aliphatic rings. The maximum atomic E-state index is 11.4. The second-order valence-electron chi connectivity index (χ2n) is 6.80. The van der Waals surface area contributed by atoms with Crippen LogP contribution in [0.15, 0.2) is 53.0 Å². The molecule has 0 N–H and O–H groups in total. The molecule has 0 spiro atoms. The number of ether oxygens (including phenoxy) is 1. The monoisotopic (exact) mass is 463 g/mol. The first-order chi connectivity index (χ1) is 12.2. The van der Waals surface area contributed by atoms with Crippen molar-refractivity contribution in [2.24, 2.45) is 5.92 Å². The van der Waals surface area contributed by atoms with Gasteiger partial charge in [-0.05, 0) is 36.1 Å². The minimum Gasteiger partial charge on any atom is -0.488 e. The van der Waals surface area contributed by atoms with Gasteiger partial charge in [0.2, 0.25) is 0 Å². The average Bonchev–Trinajstić information content (AvgIpc) is 3.08. The smallest absolute Gasteiger partial charge is 0.153 e. The second kappa shape index (κ2) is 7.22. The zero-order valence-electron chi connectivity index (χ0n) is 13.6. The van der Waals surface area contributed by atoms with E-state index in [0.717, 1.165) is 30.3 Å². The van der Waals surface area contributed by atoms with Gasteiger partial charge in [0.25, 0.3) is 0 Å². The number of rotatable bonds is 5. The third-order valence-electron chi connectivity index (χ3n) is 5.19. The number of fused-ring (bicyclic) bond motifs is 2. The van der Waals surface area contributed by atoms with E-state index in [4.69, 9.17) is 4.74 Å². The Balaban J connectivity index is 1.53. The fourth-order valence-corrected chi connectivity index (χ4v) is 5.51. The number of aldehydes is 1. The SMILES string of the molecule is O=Cc1cc(Br)ccc1O[C@H]1C[C@@H]2CN(Cc3ccccc3)[C@H]1[C@H]2Br. The highest BCUT2D eigenvalue weighted by Gasteiger charge is 2.52. The molecule has 2 fully saturated rings. The number of hydrogen-bond acceptors (Lipinski definition) is 3. The van der Waals surface area contributed by atoms with E-state index in [2.05, 4.69) is 61.0 Å². The van der Waals surface area contributed by atoms with Crippen LogP contribution in [0.2, 0.25) is 0 Å². The molecule has 5 heteroatoms. The summed E-state index contributed by atoms with van der Waals surface area (Å²) in [5.41, 5.74) is 1.92. The number of nitrogens with zero attached hydrogens (tertiary/aromatic N) is 1. The van der Waals surface area contributed by atoms with Crippen LogP contribution >= 0.6 is 31.9 Å². The van der Waals surface area contributed by atoms with Crippen LogP contribution in [0.25, 0.3) is 0 Å². The van der Waals surface area contributed by atoms with E-state index in [1.165, 1.54) is 5.56 Å². The molecule has 25 heavy (non-hydrogen) atoms. The molecule has 1 aliphatic carbocycles. The molecular formula is C20H19Br2NO2. The molecule has 1 aliphatic heterocycles. The number of benzene rings is 2. The van der Waals surface area contributed by atoms with Gasteiger partial charge < -0.3 is 4.74 Å². The first-order valence-electron chi connectivity index (χ1n) is 8.49. The van der Waals surface area contributed by atoms with Crippen molar-refractivity contribution in [3.8, 4) is 5.75 Å². The van der Waals surface area contributed by atoms with Crippen molar-refractivity contribution in [1.82, 2.24) is 4.90 Å². The predicted octanol–water partition coefficient (Wildman–Crippen LogP) is 4.68. The fraction of sp³-hybridized carbons (Fsp3) is 0.350. The summed E-state index contributed by atoms with van der Waals surface area (Å²) in [6.07, 6.45) is 1.99. The third kappa shape index (κ3) is 3.42. The van der Waals surface area contributed by atoms with Crippen molar-refractivity contribution in [2.45, 2.75) is 29.9 Å². The molecule has 2 bridgehead atoms. The molecule has 2 aromatic rings. The highest BCUT2D eigenvalue weighted by atomic mass is 79.9. The Hall–Kier alpha value is -1.17. The summed E-state index contributed by atoms with van der Waals surface area (Å²) >= 11 is 7.30. The van der Waals surface area contributed by atoms with E-state index in [9.17, 15) is 4.79 Å². The summed E-state index contributed by atoms with van der Waals surface area (Å²) in [7, 11) is 0. The quantitative estimate of drug-likeness (QED) is 0.475. The van der Waals surface area contributed by atoms with Crippen molar-refractivity contribution in [1.29, 1.82) is 0 Å². The molecule has 4 atom stereocenters. The van der Waals surface area contributed by atoms with Gasteiger partial charge in [0.15, 0.2) is 6.29 Å². The van der Waals surface area contributed by atoms with Crippen molar-refractivity contribution < 1.29 is 9.53 Å². The van der Waals surface area contributed by atoms with Gasteiger partial charge in [-0.2, -0.15) is 0 Å². The maximum absolute atomic E-state index is 11.4. The predicted molar refractivity (Wildman–Crippen MR) is 105 cm³/mol. The van der Waals surface area contributed by atoms with E-state index in [-0.39, 0.29) is 6.10 Å². The van der Waals surface area contributed by atoms with Crippen molar-refractivity contribution >= 4 is 38.1 Å². The molecular weight excluding hydrogens is 446 g/mol. The maximum Gasteiger partial charge on any atom is 0.153 e. The highest BCUT2D eigenvalue weighted by molar-refractivity contribution is 9.10. The summed E-state index contributed by atoms with van der Waals surface area (Å²) < 4.78 is 7.19. The summed E-state index contributed by atoms with van der Waals surface area (Å²) in [4.78, 5) is 14.3. The van der Waals surface area contributed by atoms with Gasteiger partial charge in [-0.1, -0.05) is 62.2 Å². The van der Waals surface area contributed by atoms with Gasteiger partial charge in [-0.25, -0.2) is 0 Å². The first kappa shape index (κ1) is 17.3. The van der Waals surface area contributed by atoms with Crippen LogP contribution in [-0.2, 0) is 6.54 Å². The number of halogens is 2. The Morgan fingerprint density at radius 1 is 1.20 bits per heavy atom. The lowest BCUT2D eigenvalue weighted by Crippen LogP contribution is -2.44. The summed E-state index contributed by atoms with van der Waals surface area (Å²) in [6, 6.07) is 16.5. The summed E-state index contributed by atoms with van der Waals surface area (Å²) in [5.74, 6) is 1.27. The van der Waals surface area contributed by atoms with Crippen LogP contribution in [0.3, 0.4) is 0 Å². The minimum atomic E-state index is 0.103. The van der Waals surface area contributed by atoms with E-state index in [1.807, 2.05) is 24.3 Å². The van der Waals surface area contributed by atoms with Gasteiger partial charge >= 0.3 is 0 Å². The molecule has 4 rings (SSSR count). The molecule has 3 nitrogen and oxygen atoms in total. The van der Waals surface area contributed by atoms with Crippen molar-refractivity contribution in [3.05, 3.63) is 64.1 Å². The molecule has 1 saturated heterocycles. The van der Waals surface area contributed by atoms with E-state index >= 15 is 0 Å². The van der Waals surface area contributed by atoms with E-state index < -0.39 is 0 Å². The van der Waals surface area contributed by atoms with Gasteiger partial charge in [-0.3, -0.25) is 9.69 Å². The lowest BCUT2D eigenvalue weighted by molar-refractivity contribution is 0.0700. The topological polar surface area (TPSA) is 29.5 Å². The van der Waals surface area contributed by atoms with Crippen molar-refractivity contribution in [3.63, 3.8) is 0 Å². The Labute approximate surface area is 164 Å². The Morgan fingerprint density at radius 3 is 2.72 bits per heavy atom. The van der Waals surface area contributed by atoms with Crippen LogP contribution < -0.4 is 4.74 Å². The molecule has 0 amide bonds. The standard InChI is InChI=1S/C20H19Br2NO2/c21-16-6-7-17(15(8-16)12-24)25-18-9-14-11-23(20(18)19(14)22)10-13-4-2-1-3-5-13/h1-8,12,14,18-20H,9-11H2/t14-,18+,19+,20-/m1/s1. The Bertz CT molecular complexity index is 768. The summed E-state index contributed by atoms with van der Waals surface area (Å²) in [6.45, 7) is 2.03. The van der Waals surface area contributed by atoms with Gasteiger partial charge in [0, 0.05) is 22.4 Å². The molecule has 1 heterocycles. The van der Waals surface area contributed by atoms with Gasteiger partial charge in [-0.15, -0.1) is 0 Å². The molecule has 2 aromatic carbocycles. The molecule has 0 unspecified atom stereocenters. The Morgan fingerprint density at radius 2 is 2.00 bits per heavy atom. The number of alkyl halides is 1. The molecule has 1 saturated carbocycles. The van der Waals surface area contributed by atoms with Crippen LogP contribution in [0.4, 0.5) is 0 Å². The average molecular weight is 465 g/mol. The first-order valence-corrected chi connectivity index (χ1v) is 10.2. The lowest BCUT2D eigenvalue weighted by Gasteiger charge is -2.33. The second-order valence-corrected chi connectivity index (χ2v) is 8.78. The molecule has 130 valence electrons. The van der Waals surface area contributed by atoms with Crippen LogP contribution in [0.1, 0.15) is 22.3 Å². The lowest BCUT2D eigenvalue weighted by atomic mass is 10.1. The Kier molecular flexibility index (Phi) is 4.98. The fourth-order valence-electron chi connectivity index (χ4n) is 4.07. The number of piperidine rings is 1. The van der Waals surface area contributed by atoms with Crippen molar-refractivity contribution in [2.75, 3.05) is 6.54 Å². The number of carbonyl (C=O) groups is 1. The minimum absolute atomic E-state index is 0.103. The zero-order valence-corrected chi connectivity index (χ0v) is 16.8. The van der Waals surface area contributed by atoms with Crippen LogP contribution in [0.5, 0.6) is 5.75 Å². The normalized spacial score (nSPS) is 28.2. The third-order valence-corrected chi connectivity index (χ3v) is 6.97. The summed E-state index contributed by atoms with van der Waals surface area (Å²) in [5, 5.41) is 0. The van der Waals surface area contributed by atoms with Gasteiger partial charge in [0.05, 0.1) is 11.6 Å². The number of likely N-dealkylation sites (tertiary alicyclic amines) is 1. The van der Waals surface area contributed by atoms with Crippen LogP contribution in [0, 0.1) is 5.92 Å². The van der Waals surface area contributed by atoms with Gasteiger partial charge in [0.1, 0.15) is 11.9 Å². The van der Waals surface area contributed by atoms with E-state index in [1.54, 1.807) is 0 Å². The zero-order chi connectivity index (χ0) is 17.4.